The highest BCUT2D eigenvalue weighted by molar-refractivity contribution is 6.30. The maximum atomic E-state index is 12.8. The fraction of sp³-hybridized carbons (Fsp3) is 0.667. The molecule has 0 aliphatic rings. The second-order valence-electron chi connectivity index (χ2n) is 6.65. The smallest absolute Gasteiger partial charge is 0.242 e. The third kappa shape index (κ3) is 7.08. The van der Waals surface area contributed by atoms with E-state index in [0.717, 1.165) is 5.69 Å². The van der Waals surface area contributed by atoms with Crippen molar-refractivity contribution in [1.29, 1.82) is 0 Å². The number of methoxy groups -OCH3 is 1. The molecule has 0 saturated heterocycles. The largest absolute Gasteiger partial charge is 0.383 e. The highest BCUT2D eigenvalue weighted by Crippen LogP contribution is 2.10. The summed E-state index contributed by atoms with van der Waals surface area (Å²) >= 11 is 5.95. The lowest BCUT2D eigenvalue weighted by atomic mass is 10.2. The van der Waals surface area contributed by atoms with Crippen LogP contribution in [0.1, 0.15) is 26.5 Å². The number of carbonyl (C=O) groups excluding carboxylic acids is 2. The predicted octanol–water partition coefficient (Wildman–Crippen LogP) is 2.11. The molecule has 25 heavy (non-hydrogen) atoms. The van der Waals surface area contributed by atoms with Crippen molar-refractivity contribution in [3.63, 3.8) is 0 Å². The molecule has 1 aromatic rings. The molecule has 1 rings (SSSR count). The molecule has 0 radical (unpaired) electrons. The Morgan fingerprint density at radius 3 is 2.44 bits per heavy atom. The number of aryl methyl sites for hydroxylation is 1. The van der Waals surface area contributed by atoms with E-state index in [2.05, 4.69) is 0 Å². The van der Waals surface area contributed by atoms with E-state index in [9.17, 15) is 9.59 Å². The topological polar surface area (TPSA) is 54.8 Å². The number of hydrogen-bond acceptors (Lipinski definition) is 3. The van der Waals surface area contributed by atoms with Gasteiger partial charge in [0, 0.05) is 39.1 Å². The van der Waals surface area contributed by atoms with Crippen molar-refractivity contribution < 1.29 is 14.3 Å². The van der Waals surface area contributed by atoms with Crippen molar-refractivity contribution in [3.05, 3.63) is 24.0 Å². The molecule has 0 bridgehead atoms. The molecule has 0 aliphatic carbocycles. The summed E-state index contributed by atoms with van der Waals surface area (Å²) < 4.78 is 7.10. The van der Waals surface area contributed by atoms with Crippen LogP contribution in [0.3, 0.4) is 0 Å². The summed E-state index contributed by atoms with van der Waals surface area (Å²) in [4.78, 5) is 28.4. The van der Waals surface area contributed by atoms with Crippen molar-refractivity contribution in [1.82, 2.24) is 14.4 Å². The van der Waals surface area contributed by atoms with Gasteiger partial charge in [-0.2, -0.15) is 0 Å². The van der Waals surface area contributed by atoms with Crippen molar-refractivity contribution in [2.75, 3.05) is 33.4 Å². The lowest BCUT2D eigenvalue weighted by Gasteiger charge is -2.29. The Labute approximate surface area is 155 Å². The number of ether oxygens (including phenoxy) is 1. The van der Waals surface area contributed by atoms with Crippen LogP contribution in [0, 0.1) is 5.92 Å². The van der Waals surface area contributed by atoms with Crippen LogP contribution in [0.2, 0.25) is 0 Å². The molecular formula is C18H30ClN3O3. The molecule has 7 heteroatoms. The van der Waals surface area contributed by atoms with Gasteiger partial charge in [0.15, 0.2) is 0 Å². The molecule has 0 aromatic carbocycles. The lowest BCUT2D eigenvalue weighted by Crippen LogP contribution is -2.46. The molecule has 1 aromatic heterocycles. The van der Waals surface area contributed by atoms with Crippen molar-refractivity contribution in [2.45, 2.75) is 32.7 Å². The van der Waals surface area contributed by atoms with Crippen LogP contribution in [0.5, 0.6) is 0 Å². The fourth-order valence-corrected chi connectivity index (χ4v) is 2.68. The minimum absolute atomic E-state index is 0.0300. The normalized spacial score (nSPS) is 12.3. The third-order valence-corrected chi connectivity index (χ3v) is 4.07. The molecule has 0 aliphatic heterocycles. The van der Waals surface area contributed by atoms with Gasteiger partial charge in [-0.1, -0.05) is 13.8 Å². The van der Waals surface area contributed by atoms with Gasteiger partial charge >= 0.3 is 0 Å². The molecule has 1 heterocycles. The van der Waals surface area contributed by atoms with Gasteiger partial charge in [0.05, 0.1) is 19.7 Å². The van der Waals surface area contributed by atoms with Gasteiger partial charge < -0.3 is 19.1 Å². The maximum Gasteiger partial charge on any atom is 0.242 e. The first kappa shape index (κ1) is 21.5. The number of amides is 2. The van der Waals surface area contributed by atoms with Gasteiger partial charge in [-0.15, -0.1) is 11.6 Å². The Kier molecular flexibility index (Phi) is 9.00. The Balaban J connectivity index is 2.86. The number of rotatable bonds is 10. The minimum Gasteiger partial charge on any atom is -0.383 e. The Morgan fingerprint density at radius 2 is 1.96 bits per heavy atom. The van der Waals surface area contributed by atoms with Gasteiger partial charge in [-0.05, 0) is 25.0 Å². The van der Waals surface area contributed by atoms with Crippen molar-refractivity contribution >= 4 is 23.4 Å². The second kappa shape index (κ2) is 10.5. The molecule has 0 fully saturated rings. The summed E-state index contributed by atoms with van der Waals surface area (Å²) in [5.74, 6) is -0.0636. The van der Waals surface area contributed by atoms with E-state index in [0.29, 0.717) is 26.2 Å². The number of hydrogen-bond donors (Lipinski definition) is 0. The maximum absolute atomic E-state index is 12.8. The highest BCUT2D eigenvalue weighted by atomic mass is 35.5. The number of aromatic nitrogens is 1. The summed E-state index contributed by atoms with van der Waals surface area (Å²) in [5.41, 5.74) is 1.02. The second-order valence-corrected chi connectivity index (χ2v) is 7.30. The lowest BCUT2D eigenvalue weighted by molar-refractivity contribution is -0.141. The van der Waals surface area contributed by atoms with Crippen LogP contribution in [0.25, 0.3) is 0 Å². The third-order valence-electron chi connectivity index (χ3n) is 3.89. The molecule has 6 nitrogen and oxygen atoms in total. The van der Waals surface area contributed by atoms with Crippen LogP contribution in [-0.2, 0) is 27.9 Å². The Morgan fingerprint density at radius 1 is 1.28 bits per heavy atom. The standard InChI is InChI=1S/C18H30ClN3O3/c1-14(2)11-22(18(24)15(3)19)13-17(23)21(9-10-25-5)12-16-7-6-8-20(16)4/h6-8,14-15H,9-13H2,1-5H3. The van der Waals surface area contributed by atoms with Crippen molar-refractivity contribution in [2.24, 2.45) is 13.0 Å². The zero-order valence-electron chi connectivity index (χ0n) is 15.9. The fourth-order valence-electron chi connectivity index (χ4n) is 2.54. The number of halogens is 1. The predicted molar refractivity (Wildman–Crippen MR) is 99.4 cm³/mol. The minimum atomic E-state index is -0.646. The summed E-state index contributed by atoms with van der Waals surface area (Å²) in [6.45, 7) is 7.58. The molecule has 2 amide bonds. The quantitative estimate of drug-likeness (QED) is 0.592. The first-order chi connectivity index (χ1) is 11.8. The SMILES string of the molecule is COCCN(Cc1cccn1C)C(=O)CN(CC(C)C)C(=O)C(C)Cl. The van der Waals surface area contributed by atoms with E-state index >= 15 is 0 Å². The molecule has 1 atom stereocenters. The molecule has 0 N–H and O–H groups in total. The highest BCUT2D eigenvalue weighted by Gasteiger charge is 2.24. The summed E-state index contributed by atoms with van der Waals surface area (Å²) in [7, 11) is 3.55. The summed E-state index contributed by atoms with van der Waals surface area (Å²) in [6.07, 6.45) is 1.94. The van der Waals surface area contributed by atoms with Crippen LogP contribution in [0.15, 0.2) is 18.3 Å². The van der Waals surface area contributed by atoms with Gasteiger partial charge in [0.1, 0.15) is 5.38 Å². The molecule has 1 unspecified atom stereocenters. The average Bonchev–Trinajstić information content (AvgIpc) is 2.94. The first-order valence-electron chi connectivity index (χ1n) is 8.56. The van der Waals surface area contributed by atoms with E-state index < -0.39 is 5.38 Å². The molecule has 0 saturated carbocycles. The van der Waals surface area contributed by atoms with Crippen molar-refractivity contribution in [3.8, 4) is 0 Å². The number of nitrogens with zero attached hydrogens (tertiary/aromatic N) is 3. The van der Waals surface area contributed by atoms with E-state index in [1.807, 2.05) is 43.8 Å². The summed E-state index contributed by atoms with van der Waals surface area (Å²) in [5, 5.41) is -0.646. The van der Waals surface area contributed by atoms with Gasteiger partial charge in [0.2, 0.25) is 11.8 Å². The van der Waals surface area contributed by atoms with E-state index in [1.165, 1.54) is 0 Å². The van der Waals surface area contributed by atoms with Gasteiger partial charge in [-0.3, -0.25) is 9.59 Å². The van der Waals surface area contributed by atoms with Crippen LogP contribution < -0.4 is 0 Å². The van der Waals surface area contributed by atoms with Gasteiger partial charge in [-0.25, -0.2) is 0 Å². The number of alkyl halides is 1. The van der Waals surface area contributed by atoms with Crippen LogP contribution in [0.4, 0.5) is 0 Å². The monoisotopic (exact) mass is 371 g/mol. The van der Waals surface area contributed by atoms with E-state index in [1.54, 1.807) is 23.8 Å². The first-order valence-corrected chi connectivity index (χ1v) is 8.99. The van der Waals surface area contributed by atoms with Crippen LogP contribution >= 0.6 is 11.6 Å². The molecule has 0 spiro atoms. The molecular weight excluding hydrogens is 342 g/mol. The van der Waals surface area contributed by atoms with Gasteiger partial charge in [0.25, 0.3) is 0 Å². The van der Waals surface area contributed by atoms with Crippen LogP contribution in [-0.4, -0.2) is 64.9 Å². The zero-order chi connectivity index (χ0) is 19.0. The average molecular weight is 372 g/mol. The van der Waals surface area contributed by atoms with E-state index in [-0.39, 0.29) is 24.3 Å². The van der Waals surface area contributed by atoms with E-state index in [4.69, 9.17) is 16.3 Å². The number of carbonyl (C=O) groups is 2. The Bertz CT molecular complexity index is 558. The Hall–Kier alpha value is -1.53. The summed E-state index contributed by atoms with van der Waals surface area (Å²) in [6, 6.07) is 3.92. The zero-order valence-corrected chi connectivity index (χ0v) is 16.6. The molecule has 142 valence electrons.